The van der Waals surface area contributed by atoms with E-state index in [2.05, 4.69) is 22.4 Å². The van der Waals surface area contributed by atoms with Crippen LogP contribution in [0.15, 0.2) is 47.5 Å². The minimum Gasteiger partial charge on any atom is -0.493 e. The smallest absolute Gasteiger partial charge is 0.232 e. The number of benzene rings is 2. The van der Waals surface area contributed by atoms with Crippen molar-refractivity contribution in [3.63, 3.8) is 0 Å². The van der Waals surface area contributed by atoms with Crippen LogP contribution in [0.2, 0.25) is 0 Å². The Morgan fingerprint density at radius 2 is 2.06 bits per heavy atom. The number of ether oxygens (including phenoxy) is 4. The molecule has 0 fully saturated rings. The molecule has 0 atom stereocenters. The SMILES string of the molecule is COc1cccc(/C=C2\Oc3c4c(cc(C)c3C2=O)OCN(CCc2cccs2)C4)c1OC. The third kappa shape index (κ3) is 3.98. The molecule has 2 aromatic carbocycles. The number of fused-ring (bicyclic) bond motifs is 3. The van der Waals surface area contributed by atoms with E-state index in [4.69, 9.17) is 18.9 Å². The molecule has 0 unspecified atom stereocenters. The largest absolute Gasteiger partial charge is 0.493 e. The Hall–Kier alpha value is -3.29. The number of aryl methyl sites for hydroxylation is 1. The third-order valence-corrected chi connectivity index (χ3v) is 6.90. The molecule has 0 amide bonds. The highest BCUT2D eigenvalue weighted by molar-refractivity contribution is 7.09. The highest BCUT2D eigenvalue weighted by Gasteiger charge is 2.35. The van der Waals surface area contributed by atoms with Gasteiger partial charge in [-0.2, -0.15) is 0 Å². The number of ketones is 1. The summed E-state index contributed by atoms with van der Waals surface area (Å²) in [7, 11) is 3.16. The number of hydrogen-bond donors (Lipinski definition) is 0. The minimum atomic E-state index is -0.133. The van der Waals surface area contributed by atoms with Crippen LogP contribution in [0.1, 0.15) is 31.9 Å². The molecule has 0 N–H and O–H groups in total. The maximum atomic E-state index is 13.3. The first kappa shape index (κ1) is 21.6. The van der Waals surface area contributed by atoms with Crippen molar-refractivity contribution >= 4 is 23.2 Å². The van der Waals surface area contributed by atoms with Crippen molar-refractivity contribution < 1.29 is 23.7 Å². The topological polar surface area (TPSA) is 57.2 Å². The van der Waals surface area contributed by atoms with Gasteiger partial charge >= 0.3 is 0 Å². The van der Waals surface area contributed by atoms with Gasteiger partial charge in [-0.05, 0) is 48.6 Å². The van der Waals surface area contributed by atoms with Crippen LogP contribution in [0.5, 0.6) is 23.0 Å². The molecule has 3 aromatic rings. The van der Waals surface area contributed by atoms with E-state index in [0.717, 1.165) is 29.8 Å². The lowest BCUT2D eigenvalue weighted by atomic mass is 9.98. The standard InChI is InChI=1S/C26H25NO5S/c1-16-12-21-19(14-27(15-31-21)10-9-18-7-5-11-33-18)26-23(16)24(28)22(32-26)13-17-6-4-8-20(29-2)25(17)30-3/h4-8,11-13H,9-10,14-15H2,1-3H3/b22-13-. The highest BCUT2D eigenvalue weighted by atomic mass is 32.1. The fraction of sp³-hybridized carbons (Fsp3) is 0.269. The van der Waals surface area contributed by atoms with Crippen molar-refractivity contribution in [3.05, 3.63) is 74.7 Å². The zero-order chi connectivity index (χ0) is 22.9. The molecule has 0 saturated heterocycles. The second-order valence-electron chi connectivity index (χ2n) is 8.05. The highest BCUT2D eigenvalue weighted by Crippen LogP contribution is 2.44. The Kier molecular flexibility index (Phi) is 5.83. The first-order valence-corrected chi connectivity index (χ1v) is 11.7. The second kappa shape index (κ2) is 8.92. The summed E-state index contributed by atoms with van der Waals surface area (Å²) < 4.78 is 23.1. The van der Waals surface area contributed by atoms with E-state index >= 15 is 0 Å². The summed E-state index contributed by atoms with van der Waals surface area (Å²) in [6.45, 7) is 3.99. The molecule has 0 bridgehead atoms. The average molecular weight is 464 g/mol. The van der Waals surface area contributed by atoms with Crippen molar-refractivity contribution in [2.45, 2.75) is 19.9 Å². The lowest BCUT2D eigenvalue weighted by Crippen LogP contribution is -2.33. The number of methoxy groups -OCH3 is 2. The summed E-state index contributed by atoms with van der Waals surface area (Å²) in [6, 6.07) is 11.7. The first-order valence-electron chi connectivity index (χ1n) is 10.8. The molecule has 0 radical (unpaired) electrons. The van der Waals surface area contributed by atoms with Gasteiger partial charge in [0.25, 0.3) is 0 Å². The summed E-state index contributed by atoms with van der Waals surface area (Å²) in [4.78, 5) is 16.9. The molecule has 170 valence electrons. The quantitative estimate of drug-likeness (QED) is 0.475. The summed E-state index contributed by atoms with van der Waals surface area (Å²) in [6.07, 6.45) is 2.68. The van der Waals surface area contributed by atoms with Gasteiger partial charge in [-0.15, -0.1) is 11.3 Å². The van der Waals surface area contributed by atoms with E-state index in [1.807, 2.05) is 31.2 Å². The molecule has 0 spiro atoms. The Labute approximate surface area is 197 Å². The Morgan fingerprint density at radius 1 is 1.18 bits per heavy atom. The fourth-order valence-electron chi connectivity index (χ4n) is 4.31. The van der Waals surface area contributed by atoms with Gasteiger partial charge in [0.05, 0.1) is 25.3 Å². The van der Waals surface area contributed by atoms with E-state index in [-0.39, 0.29) is 11.5 Å². The van der Waals surface area contributed by atoms with Gasteiger partial charge in [-0.3, -0.25) is 9.69 Å². The van der Waals surface area contributed by atoms with Crippen molar-refractivity contribution in [3.8, 4) is 23.0 Å². The minimum absolute atomic E-state index is 0.133. The number of thiophene rings is 1. The molecule has 7 heteroatoms. The predicted molar refractivity (Wildman–Crippen MR) is 128 cm³/mol. The fourth-order valence-corrected chi connectivity index (χ4v) is 5.01. The Morgan fingerprint density at radius 3 is 2.82 bits per heavy atom. The Bertz CT molecular complexity index is 1230. The van der Waals surface area contributed by atoms with E-state index in [1.54, 1.807) is 31.6 Å². The monoisotopic (exact) mass is 463 g/mol. The number of nitrogens with zero attached hydrogens (tertiary/aromatic N) is 1. The lowest BCUT2D eigenvalue weighted by molar-refractivity contribution is 0.0951. The van der Waals surface area contributed by atoms with Gasteiger partial charge < -0.3 is 18.9 Å². The number of hydrogen-bond acceptors (Lipinski definition) is 7. The maximum Gasteiger partial charge on any atom is 0.232 e. The molecular formula is C26H25NO5S. The molecule has 2 aliphatic heterocycles. The number of allylic oxidation sites excluding steroid dienone is 1. The first-order chi connectivity index (χ1) is 16.1. The van der Waals surface area contributed by atoms with Crippen LogP contribution in [-0.4, -0.2) is 38.2 Å². The van der Waals surface area contributed by atoms with Crippen LogP contribution in [-0.2, 0) is 13.0 Å². The van der Waals surface area contributed by atoms with Crippen LogP contribution in [0.4, 0.5) is 0 Å². The molecule has 2 aliphatic rings. The summed E-state index contributed by atoms with van der Waals surface area (Å²) in [5.41, 5.74) is 3.09. The van der Waals surface area contributed by atoms with Gasteiger partial charge in [-0.25, -0.2) is 0 Å². The zero-order valence-corrected chi connectivity index (χ0v) is 19.7. The van der Waals surface area contributed by atoms with E-state index < -0.39 is 0 Å². The number of carbonyl (C=O) groups is 1. The molecule has 0 aliphatic carbocycles. The number of Topliss-reactive ketones (excluding diaryl/α,β-unsaturated/α-hetero) is 1. The van der Waals surface area contributed by atoms with Crippen LogP contribution < -0.4 is 18.9 Å². The van der Waals surface area contributed by atoms with E-state index in [1.165, 1.54) is 4.88 Å². The number of carbonyl (C=O) groups excluding carboxylic acids is 1. The van der Waals surface area contributed by atoms with Crippen molar-refractivity contribution in [2.75, 3.05) is 27.5 Å². The van der Waals surface area contributed by atoms with Gasteiger partial charge in [0.15, 0.2) is 17.3 Å². The normalized spacial score (nSPS) is 16.2. The van der Waals surface area contributed by atoms with Crippen LogP contribution in [0.3, 0.4) is 0 Å². The molecule has 0 saturated carbocycles. The van der Waals surface area contributed by atoms with Crippen LogP contribution in [0.25, 0.3) is 6.08 Å². The molecule has 6 nitrogen and oxygen atoms in total. The van der Waals surface area contributed by atoms with Crippen molar-refractivity contribution in [1.82, 2.24) is 4.90 Å². The Balaban J connectivity index is 1.45. The van der Waals surface area contributed by atoms with E-state index in [9.17, 15) is 4.79 Å². The summed E-state index contributed by atoms with van der Waals surface area (Å²) in [5.74, 6) is 2.67. The zero-order valence-electron chi connectivity index (χ0n) is 18.8. The number of rotatable bonds is 6. The number of para-hydroxylation sites is 1. The van der Waals surface area contributed by atoms with Crippen molar-refractivity contribution in [2.24, 2.45) is 0 Å². The third-order valence-electron chi connectivity index (χ3n) is 5.96. The van der Waals surface area contributed by atoms with E-state index in [0.29, 0.717) is 41.7 Å². The predicted octanol–water partition coefficient (Wildman–Crippen LogP) is 5.08. The van der Waals surface area contributed by atoms with Gasteiger partial charge in [0, 0.05) is 23.5 Å². The summed E-state index contributed by atoms with van der Waals surface area (Å²) >= 11 is 1.76. The van der Waals surface area contributed by atoms with Crippen LogP contribution >= 0.6 is 11.3 Å². The molecular weight excluding hydrogens is 438 g/mol. The van der Waals surface area contributed by atoms with Gasteiger partial charge in [0.2, 0.25) is 5.78 Å². The molecule has 33 heavy (non-hydrogen) atoms. The van der Waals surface area contributed by atoms with Gasteiger partial charge in [-0.1, -0.05) is 18.2 Å². The van der Waals surface area contributed by atoms with Crippen molar-refractivity contribution in [1.29, 1.82) is 0 Å². The molecule has 1 aromatic heterocycles. The molecule has 5 rings (SSSR count). The lowest BCUT2D eigenvalue weighted by Gasteiger charge is -2.30. The second-order valence-corrected chi connectivity index (χ2v) is 9.08. The van der Waals surface area contributed by atoms with Gasteiger partial charge in [0.1, 0.15) is 18.2 Å². The maximum absolute atomic E-state index is 13.3. The van der Waals surface area contributed by atoms with Crippen LogP contribution in [0, 0.1) is 6.92 Å². The summed E-state index contributed by atoms with van der Waals surface area (Å²) in [5, 5.41) is 2.09. The average Bonchev–Trinajstić information content (AvgIpc) is 3.46. The molecule has 3 heterocycles.